The lowest BCUT2D eigenvalue weighted by atomic mass is 10.00. The number of hydrogen-bond acceptors (Lipinski definition) is 4. The molecule has 8 nitrogen and oxygen atoms in total. The zero-order valence-electron chi connectivity index (χ0n) is 17.1. The normalized spacial score (nSPS) is 16.2. The highest BCUT2D eigenvalue weighted by Gasteiger charge is 2.34. The Morgan fingerprint density at radius 2 is 1.83 bits per heavy atom. The number of benzene rings is 2. The number of carboxylic acid groups (broad SMARTS) is 1. The smallest absolute Gasteiger partial charge is 0.411 e. The number of amides is 2. The van der Waals surface area contributed by atoms with Crippen molar-refractivity contribution in [2.24, 2.45) is 0 Å². The molecule has 0 aliphatic carbocycles. The van der Waals surface area contributed by atoms with Crippen molar-refractivity contribution < 1.29 is 23.1 Å². The van der Waals surface area contributed by atoms with Crippen LogP contribution < -0.4 is 14.5 Å². The molecule has 2 aromatic carbocycles. The van der Waals surface area contributed by atoms with E-state index in [2.05, 4.69) is 4.72 Å². The molecule has 0 bridgehead atoms. The molecule has 1 aliphatic rings. The number of nitrogens with zero attached hydrogens (tertiary/aromatic N) is 2. The van der Waals surface area contributed by atoms with Crippen molar-refractivity contribution in [3.05, 3.63) is 42.5 Å². The predicted octanol–water partition coefficient (Wildman–Crippen LogP) is 3.74. The van der Waals surface area contributed by atoms with Gasteiger partial charge in [0.05, 0.1) is 23.7 Å². The van der Waals surface area contributed by atoms with Crippen molar-refractivity contribution in [3.8, 4) is 11.1 Å². The molecule has 0 saturated heterocycles. The second-order valence-corrected chi connectivity index (χ2v) is 9.16. The summed E-state index contributed by atoms with van der Waals surface area (Å²) in [4.78, 5) is 27.5. The van der Waals surface area contributed by atoms with E-state index < -0.39 is 16.1 Å². The summed E-state index contributed by atoms with van der Waals surface area (Å²) < 4.78 is 25.5. The average molecular weight is 432 g/mol. The number of hydrogen-bond donors (Lipinski definition) is 2. The number of rotatable bonds is 5. The first kappa shape index (κ1) is 21.6. The molecule has 160 valence electrons. The van der Waals surface area contributed by atoms with Crippen LogP contribution in [0.5, 0.6) is 0 Å². The fourth-order valence-electron chi connectivity index (χ4n) is 3.68. The van der Waals surface area contributed by atoms with Crippen LogP contribution in [-0.2, 0) is 14.8 Å². The number of anilines is 3. The minimum absolute atomic E-state index is 0.0385. The number of carbonyl (C=O) groups is 2. The van der Waals surface area contributed by atoms with Gasteiger partial charge in [0.15, 0.2) is 0 Å². The standard InChI is InChI=1S/C21H25N3O5S/c1-4-6-20(25)24-14(2)13-23(21(26)27)19-12-16(9-10-18(19)24)15-7-5-8-17(11-15)22-30(3,28)29/h5,7-12,14,22H,4,6,13H2,1-3H3,(H,26,27)/t14-/m0/s1. The second-order valence-electron chi connectivity index (χ2n) is 7.41. The maximum Gasteiger partial charge on any atom is 0.411 e. The van der Waals surface area contributed by atoms with Crippen molar-refractivity contribution in [2.45, 2.75) is 32.7 Å². The Kier molecular flexibility index (Phi) is 6.02. The maximum absolute atomic E-state index is 12.7. The first-order valence-corrected chi connectivity index (χ1v) is 11.5. The van der Waals surface area contributed by atoms with Crippen LogP contribution in [0.15, 0.2) is 42.5 Å². The Labute approximate surface area is 176 Å². The summed E-state index contributed by atoms with van der Waals surface area (Å²) in [7, 11) is -3.42. The van der Waals surface area contributed by atoms with E-state index in [0.717, 1.165) is 17.4 Å². The van der Waals surface area contributed by atoms with Gasteiger partial charge < -0.3 is 10.0 Å². The fourth-order valence-corrected chi connectivity index (χ4v) is 4.23. The highest BCUT2D eigenvalue weighted by Crippen LogP contribution is 2.39. The van der Waals surface area contributed by atoms with E-state index in [-0.39, 0.29) is 18.5 Å². The van der Waals surface area contributed by atoms with Crippen LogP contribution in [0.2, 0.25) is 0 Å². The lowest BCUT2D eigenvalue weighted by molar-refractivity contribution is -0.119. The fraction of sp³-hybridized carbons (Fsp3) is 0.333. The molecular weight excluding hydrogens is 406 g/mol. The summed E-state index contributed by atoms with van der Waals surface area (Å²) in [6.45, 7) is 3.94. The van der Waals surface area contributed by atoms with E-state index in [9.17, 15) is 23.1 Å². The van der Waals surface area contributed by atoms with Gasteiger partial charge >= 0.3 is 6.09 Å². The summed E-state index contributed by atoms with van der Waals surface area (Å²) in [6.07, 6.45) is 1.08. The van der Waals surface area contributed by atoms with E-state index in [1.807, 2.05) is 26.0 Å². The molecule has 0 aromatic heterocycles. The third-order valence-corrected chi connectivity index (χ3v) is 5.48. The highest BCUT2D eigenvalue weighted by molar-refractivity contribution is 7.92. The Bertz CT molecular complexity index is 1080. The van der Waals surface area contributed by atoms with Crippen LogP contribution >= 0.6 is 0 Å². The highest BCUT2D eigenvalue weighted by atomic mass is 32.2. The van der Waals surface area contributed by atoms with Gasteiger partial charge in [-0.3, -0.25) is 14.4 Å². The van der Waals surface area contributed by atoms with Crippen molar-refractivity contribution in [3.63, 3.8) is 0 Å². The molecule has 2 aromatic rings. The molecule has 9 heteroatoms. The molecule has 0 spiro atoms. The van der Waals surface area contributed by atoms with Crippen molar-refractivity contribution in [2.75, 3.05) is 27.3 Å². The summed E-state index contributed by atoms with van der Waals surface area (Å²) in [5.74, 6) is -0.0385. The van der Waals surface area contributed by atoms with Crippen LogP contribution in [-0.4, -0.2) is 44.4 Å². The van der Waals surface area contributed by atoms with Gasteiger partial charge in [-0.05, 0) is 48.7 Å². The monoisotopic (exact) mass is 431 g/mol. The molecule has 3 rings (SSSR count). The molecule has 0 fully saturated rings. The first-order valence-electron chi connectivity index (χ1n) is 9.65. The van der Waals surface area contributed by atoms with Gasteiger partial charge in [0.2, 0.25) is 15.9 Å². The van der Waals surface area contributed by atoms with Gasteiger partial charge in [-0.25, -0.2) is 13.2 Å². The molecular formula is C21H25N3O5S. The number of fused-ring (bicyclic) bond motifs is 1. The molecule has 1 aliphatic heterocycles. The van der Waals surface area contributed by atoms with Crippen molar-refractivity contribution >= 4 is 39.1 Å². The third-order valence-electron chi connectivity index (χ3n) is 4.88. The quantitative estimate of drug-likeness (QED) is 0.750. The van der Waals surface area contributed by atoms with Crippen LogP contribution in [0.3, 0.4) is 0 Å². The third kappa shape index (κ3) is 4.56. The number of carbonyl (C=O) groups excluding carboxylic acids is 1. The molecule has 1 atom stereocenters. The number of sulfonamides is 1. The van der Waals surface area contributed by atoms with E-state index in [1.54, 1.807) is 35.2 Å². The van der Waals surface area contributed by atoms with Crippen molar-refractivity contribution in [1.29, 1.82) is 0 Å². The largest absolute Gasteiger partial charge is 0.465 e. The van der Waals surface area contributed by atoms with E-state index in [0.29, 0.717) is 29.9 Å². The molecule has 0 unspecified atom stereocenters. The minimum atomic E-state index is -3.42. The van der Waals surface area contributed by atoms with Crippen LogP contribution in [0.25, 0.3) is 11.1 Å². The summed E-state index contributed by atoms with van der Waals surface area (Å²) in [5, 5.41) is 9.71. The van der Waals surface area contributed by atoms with Crippen LogP contribution in [0, 0.1) is 0 Å². The topological polar surface area (TPSA) is 107 Å². The maximum atomic E-state index is 12.7. The summed E-state index contributed by atoms with van der Waals surface area (Å²) in [6, 6.07) is 11.9. The Morgan fingerprint density at radius 1 is 1.13 bits per heavy atom. The zero-order valence-corrected chi connectivity index (χ0v) is 17.9. The molecule has 0 radical (unpaired) electrons. The Hall–Kier alpha value is -3.07. The summed E-state index contributed by atoms with van der Waals surface area (Å²) >= 11 is 0. The van der Waals surface area contributed by atoms with E-state index >= 15 is 0 Å². The first-order chi connectivity index (χ1) is 14.1. The Morgan fingerprint density at radius 3 is 2.47 bits per heavy atom. The van der Waals surface area contributed by atoms with Crippen LogP contribution in [0.4, 0.5) is 21.9 Å². The van der Waals surface area contributed by atoms with Crippen molar-refractivity contribution in [1.82, 2.24) is 0 Å². The molecule has 30 heavy (non-hydrogen) atoms. The lowest BCUT2D eigenvalue weighted by Crippen LogP contribution is -2.51. The van der Waals surface area contributed by atoms with E-state index in [1.165, 1.54) is 4.90 Å². The van der Waals surface area contributed by atoms with E-state index in [4.69, 9.17) is 0 Å². The minimum Gasteiger partial charge on any atom is -0.465 e. The lowest BCUT2D eigenvalue weighted by Gasteiger charge is -2.40. The SMILES string of the molecule is CCCC(=O)N1c2ccc(-c3cccc(NS(C)(=O)=O)c3)cc2N(C(=O)O)C[C@@H]1C. The predicted molar refractivity (Wildman–Crippen MR) is 118 cm³/mol. The molecule has 1 heterocycles. The molecule has 0 saturated carbocycles. The van der Waals surface area contributed by atoms with Gasteiger partial charge in [-0.15, -0.1) is 0 Å². The van der Waals surface area contributed by atoms with Crippen LogP contribution in [0.1, 0.15) is 26.7 Å². The second kappa shape index (κ2) is 8.35. The Balaban J connectivity index is 2.07. The van der Waals surface area contributed by atoms with Gasteiger partial charge in [0.1, 0.15) is 0 Å². The summed E-state index contributed by atoms with van der Waals surface area (Å²) in [5.41, 5.74) is 2.85. The van der Waals surface area contributed by atoms with Gasteiger partial charge in [-0.1, -0.05) is 25.1 Å². The van der Waals surface area contributed by atoms with Gasteiger partial charge in [0.25, 0.3) is 0 Å². The van der Waals surface area contributed by atoms with Gasteiger partial charge in [0, 0.05) is 18.7 Å². The molecule has 2 N–H and O–H groups in total. The van der Waals surface area contributed by atoms with Gasteiger partial charge in [-0.2, -0.15) is 0 Å². The molecule has 2 amide bonds. The zero-order chi connectivity index (χ0) is 22.1. The average Bonchev–Trinajstić information content (AvgIpc) is 2.65. The number of nitrogens with one attached hydrogen (secondary N) is 1.